The van der Waals surface area contributed by atoms with Crippen LogP contribution in [0.5, 0.6) is 0 Å². The molecule has 122 valence electrons. The maximum atomic E-state index is 12.3. The normalized spacial score (nSPS) is 10.5. The molecule has 0 aliphatic heterocycles. The van der Waals surface area contributed by atoms with Gasteiger partial charge in [-0.25, -0.2) is 0 Å². The van der Waals surface area contributed by atoms with Crippen molar-refractivity contribution in [3.63, 3.8) is 0 Å². The molecule has 0 aliphatic rings. The van der Waals surface area contributed by atoms with Crippen molar-refractivity contribution in [2.45, 2.75) is 6.54 Å². The van der Waals surface area contributed by atoms with Gasteiger partial charge in [-0.05, 0) is 11.6 Å². The van der Waals surface area contributed by atoms with Gasteiger partial charge in [0, 0.05) is 5.39 Å². The fourth-order valence-electron chi connectivity index (χ4n) is 2.39. The Morgan fingerprint density at radius 2 is 1.71 bits per heavy atom. The molecule has 3 aromatic rings. The van der Waals surface area contributed by atoms with E-state index in [4.69, 9.17) is 11.6 Å². The Morgan fingerprint density at radius 3 is 2.46 bits per heavy atom. The van der Waals surface area contributed by atoms with Gasteiger partial charge in [-0.15, -0.1) is 11.6 Å². The highest BCUT2D eigenvalue weighted by Crippen LogP contribution is 2.19. The van der Waals surface area contributed by atoms with Crippen LogP contribution in [0.3, 0.4) is 0 Å². The molecule has 0 atom stereocenters. The highest BCUT2D eigenvalue weighted by atomic mass is 35.5. The number of rotatable bonds is 4. The number of halogens is 1. The Labute approximate surface area is 143 Å². The van der Waals surface area contributed by atoms with E-state index in [1.54, 1.807) is 4.68 Å². The summed E-state index contributed by atoms with van der Waals surface area (Å²) in [4.78, 5) is 23.5. The van der Waals surface area contributed by atoms with Gasteiger partial charge in [0.05, 0.1) is 12.1 Å². The van der Waals surface area contributed by atoms with Crippen molar-refractivity contribution in [2.24, 2.45) is 0 Å². The average molecular weight is 343 g/mol. The standard InChI is InChI=1S/C17H15ClN4O2/c18-10-15(23)19-20-17(24)16-13-8-4-5-9-14(13)22(21-16)11-12-6-2-1-3-7-12/h1-9H,10-11H2,(H,19,23)(H,20,24). The third-order valence-electron chi connectivity index (χ3n) is 3.49. The molecule has 0 unspecified atom stereocenters. The van der Waals surface area contributed by atoms with E-state index in [9.17, 15) is 9.59 Å². The number of carbonyl (C=O) groups excluding carboxylic acids is 2. The van der Waals surface area contributed by atoms with Gasteiger partial charge in [-0.3, -0.25) is 25.1 Å². The molecule has 1 aromatic heterocycles. The topological polar surface area (TPSA) is 76.0 Å². The van der Waals surface area contributed by atoms with Gasteiger partial charge in [0.25, 0.3) is 11.8 Å². The average Bonchev–Trinajstić information content (AvgIpc) is 2.99. The number of carbonyl (C=O) groups is 2. The zero-order valence-corrected chi connectivity index (χ0v) is 13.5. The second-order valence-corrected chi connectivity index (χ2v) is 5.41. The third-order valence-corrected chi connectivity index (χ3v) is 3.73. The minimum atomic E-state index is -0.489. The highest BCUT2D eigenvalue weighted by molar-refractivity contribution is 6.27. The van der Waals surface area contributed by atoms with Crippen LogP contribution in [0.25, 0.3) is 10.9 Å². The number of benzene rings is 2. The number of hydrazine groups is 1. The predicted molar refractivity (Wildman–Crippen MR) is 91.6 cm³/mol. The minimum Gasteiger partial charge on any atom is -0.272 e. The van der Waals surface area contributed by atoms with E-state index < -0.39 is 11.8 Å². The summed E-state index contributed by atoms with van der Waals surface area (Å²) in [6, 6.07) is 17.3. The second kappa shape index (κ2) is 7.14. The molecule has 1 heterocycles. The summed E-state index contributed by atoms with van der Waals surface area (Å²) < 4.78 is 1.77. The number of nitrogens with one attached hydrogen (secondary N) is 2. The van der Waals surface area contributed by atoms with Gasteiger partial charge in [0.1, 0.15) is 5.88 Å². The third kappa shape index (κ3) is 3.38. The van der Waals surface area contributed by atoms with Crippen molar-refractivity contribution >= 4 is 34.3 Å². The number of amides is 2. The second-order valence-electron chi connectivity index (χ2n) is 5.14. The van der Waals surface area contributed by atoms with Gasteiger partial charge in [-0.2, -0.15) is 5.10 Å². The molecule has 3 rings (SSSR count). The van der Waals surface area contributed by atoms with Crippen molar-refractivity contribution in [2.75, 3.05) is 5.88 Å². The first-order chi connectivity index (χ1) is 11.7. The zero-order chi connectivity index (χ0) is 16.9. The summed E-state index contributed by atoms with van der Waals surface area (Å²) in [7, 11) is 0. The molecular weight excluding hydrogens is 328 g/mol. The van der Waals surface area contributed by atoms with Crippen LogP contribution < -0.4 is 10.9 Å². The molecule has 0 fully saturated rings. The first kappa shape index (κ1) is 16.0. The van der Waals surface area contributed by atoms with Crippen molar-refractivity contribution in [3.8, 4) is 0 Å². The van der Waals surface area contributed by atoms with Crippen LogP contribution in [0.2, 0.25) is 0 Å². The Balaban J connectivity index is 1.91. The highest BCUT2D eigenvalue weighted by Gasteiger charge is 2.17. The fourth-order valence-corrected chi connectivity index (χ4v) is 2.46. The van der Waals surface area contributed by atoms with Crippen molar-refractivity contribution in [1.29, 1.82) is 0 Å². The van der Waals surface area contributed by atoms with Crippen LogP contribution >= 0.6 is 11.6 Å². The summed E-state index contributed by atoms with van der Waals surface area (Å²) >= 11 is 5.39. The van der Waals surface area contributed by atoms with E-state index in [2.05, 4.69) is 16.0 Å². The van der Waals surface area contributed by atoms with E-state index >= 15 is 0 Å². The Kier molecular flexibility index (Phi) is 4.77. The summed E-state index contributed by atoms with van der Waals surface area (Å²) in [5, 5.41) is 5.12. The van der Waals surface area contributed by atoms with Gasteiger partial charge in [0.2, 0.25) is 0 Å². The van der Waals surface area contributed by atoms with E-state index in [-0.39, 0.29) is 11.6 Å². The Hall–Kier alpha value is -2.86. The maximum absolute atomic E-state index is 12.3. The number of para-hydroxylation sites is 1. The predicted octanol–water partition coefficient (Wildman–Crippen LogP) is 2.08. The molecule has 0 radical (unpaired) electrons. The lowest BCUT2D eigenvalue weighted by Gasteiger charge is -2.04. The maximum Gasteiger partial charge on any atom is 0.290 e. The Bertz CT molecular complexity index is 877. The van der Waals surface area contributed by atoms with Crippen LogP contribution in [0.4, 0.5) is 0 Å². The number of fused-ring (bicyclic) bond motifs is 1. The zero-order valence-electron chi connectivity index (χ0n) is 12.7. The number of hydrogen-bond acceptors (Lipinski definition) is 3. The van der Waals surface area contributed by atoms with E-state index in [1.807, 2.05) is 54.6 Å². The number of nitrogens with zero attached hydrogens (tertiary/aromatic N) is 2. The van der Waals surface area contributed by atoms with Gasteiger partial charge in [0.15, 0.2) is 5.69 Å². The number of aromatic nitrogens is 2. The van der Waals surface area contributed by atoms with Crippen LogP contribution in [0.1, 0.15) is 16.1 Å². The molecule has 0 saturated carbocycles. The lowest BCUT2D eigenvalue weighted by molar-refractivity contribution is -0.119. The minimum absolute atomic E-state index is 0.233. The van der Waals surface area contributed by atoms with Crippen molar-refractivity contribution in [1.82, 2.24) is 20.6 Å². The monoisotopic (exact) mass is 342 g/mol. The molecule has 0 spiro atoms. The summed E-state index contributed by atoms with van der Waals surface area (Å²) in [6.45, 7) is 0.544. The first-order valence-electron chi connectivity index (χ1n) is 7.33. The van der Waals surface area contributed by atoms with E-state index in [0.717, 1.165) is 11.1 Å². The molecular formula is C17H15ClN4O2. The summed E-state index contributed by atoms with van der Waals surface area (Å²) in [5.41, 5.74) is 6.72. The van der Waals surface area contributed by atoms with Gasteiger partial charge in [-0.1, -0.05) is 48.5 Å². The summed E-state index contributed by atoms with van der Waals surface area (Å²) in [5.74, 6) is -1.21. The van der Waals surface area contributed by atoms with Crippen molar-refractivity contribution < 1.29 is 9.59 Å². The van der Waals surface area contributed by atoms with E-state index in [1.165, 1.54) is 0 Å². The van der Waals surface area contributed by atoms with Crippen LogP contribution in [0.15, 0.2) is 54.6 Å². The van der Waals surface area contributed by atoms with E-state index in [0.29, 0.717) is 11.9 Å². The molecule has 2 amide bonds. The Morgan fingerprint density at radius 1 is 1.00 bits per heavy atom. The van der Waals surface area contributed by atoms with Gasteiger partial charge < -0.3 is 0 Å². The van der Waals surface area contributed by atoms with Crippen LogP contribution in [-0.4, -0.2) is 27.5 Å². The molecule has 24 heavy (non-hydrogen) atoms. The molecule has 0 bridgehead atoms. The summed E-state index contributed by atoms with van der Waals surface area (Å²) in [6.07, 6.45) is 0. The quantitative estimate of drug-likeness (QED) is 0.563. The SMILES string of the molecule is O=C(CCl)NNC(=O)c1nn(Cc2ccccc2)c2ccccc12. The number of hydrogen-bond donors (Lipinski definition) is 2. The van der Waals surface area contributed by atoms with Crippen LogP contribution in [-0.2, 0) is 11.3 Å². The molecule has 6 nitrogen and oxygen atoms in total. The van der Waals surface area contributed by atoms with Gasteiger partial charge >= 0.3 is 0 Å². The first-order valence-corrected chi connectivity index (χ1v) is 7.87. The molecule has 0 saturated heterocycles. The number of alkyl halides is 1. The largest absolute Gasteiger partial charge is 0.290 e. The molecule has 7 heteroatoms. The van der Waals surface area contributed by atoms with Crippen molar-refractivity contribution in [3.05, 3.63) is 65.9 Å². The lowest BCUT2D eigenvalue weighted by Crippen LogP contribution is -2.42. The molecule has 2 N–H and O–H groups in total. The molecule has 2 aromatic carbocycles. The lowest BCUT2D eigenvalue weighted by atomic mass is 10.2. The van der Waals surface area contributed by atoms with Crippen LogP contribution in [0, 0.1) is 0 Å². The fraction of sp³-hybridized carbons (Fsp3) is 0.118. The molecule has 0 aliphatic carbocycles. The smallest absolute Gasteiger partial charge is 0.272 e.